The third-order valence-electron chi connectivity index (χ3n) is 4.85. The molecular formula is C26H28N2O6. The van der Waals surface area contributed by atoms with Crippen LogP contribution in [0.2, 0.25) is 0 Å². The van der Waals surface area contributed by atoms with Crippen LogP contribution in [0, 0.1) is 0 Å². The number of anilines is 1. The van der Waals surface area contributed by atoms with E-state index in [2.05, 4.69) is 10.3 Å². The summed E-state index contributed by atoms with van der Waals surface area (Å²) in [4.78, 5) is 28.4. The first-order valence-corrected chi connectivity index (χ1v) is 10.9. The molecule has 1 amide bonds. The minimum atomic E-state index is -1.19. The van der Waals surface area contributed by atoms with Crippen LogP contribution in [0.5, 0.6) is 11.5 Å². The van der Waals surface area contributed by atoms with E-state index in [0.29, 0.717) is 24.5 Å². The van der Waals surface area contributed by atoms with Gasteiger partial charge in [-0.25, -0.2) is 9.78 Å². The number of nitrogens with zero attached hydrogens (tertiary/aromatic N) is 1. The van der Waals surface area contributed by atoms with Crippen LogP contribution in [0.4, 0.5) is 5.82 Å². The van der Waals surface area contributed by atoms with Crippen molar-refractivity contribution in [1.29, 1.82) is 0 Å². The number of ether oxygens (including phenoxy) is 3. The summed E-state index contributed by atoms with van der Waals surface area (Å²) >= 11 is 0. The van der Waals surface area contributed by atoms with Crippen LogP contribution in [0.3, 0.4) is 0 Å². The average molecular weight is 465 g/mol. The molecule has 1 aromatic heterocycles. The highest BCUT2D eigenvalue weighted by atomic mass is 16.5. The first-order valence-electron chi connectivity index (χ1n) is 10.9. The molecule has 0 aliphatic rings. The third-order valence-corrected chi connectivity index (χ3v) is 4.85. The van der Waals surface area contributed by atoms with E-state index in [1.807, 2.05) is 44.2 Å². The maximum absolute atomic E-state index is 13.0. The summed E-state index contributed by atoms with van der Waals surface area (Å²) in [5.74, 6) is -0.882. The number of hydrogen-bond donors (Lipinski definition) is 2. The topological polar surface area (TPSA) is 107 Å². The summed E-state index contributed by atoms with van der Waals surface area (Å²) in [7, 11) is 1.58. The van der Waals surface area contributed by atoms with E-state index in [9.17, 15) is 14.7 Å². The van der Waals surface area contributed by atoms with Crippen molar-refractivity contribution < 1.29 is 28.9 Å². The smallest absolute Gasteiger partial charge is 0.339 e. The minimum Gasteiger partial charge on any atom is -0.490 e. The zero-order chi connectivity index (χ0) is 24.5. The number of hydrogen-bond acceptors (Lipinski definition) is 6. The minimum absolute atomic E-state index is 0.0426. The van der Waals surface area contributed by atoms with Crippen molar-refractivity contribution in [3.63, 3.8) is 0 Å². The van der Waals surface area contributed by atoms with E-state index in [1.165, 1.54) is 18.3 Å². The first kappa shape index (κ1) is 24.7. The van der Waals surface area contributed by atoms with Crippen molar-refractivity contribution in [2.75, 3.05) is 19.0 Å². The van der Waals surface area contributed by atoms with Gasteiger partial charge in [-0.05, 0) is 43.7 Å². The summed E-state index contributed by atoms with van der Waals surface area (Å²) in [5, 5.41) is 11.9. The van der Waals surface area contributed by atoms with E-state index in [4.69, 9.17) is 14.2 Å². The first-order chi connectivity index (χ1) is 16.4. The molecule has 0 spiro atoms. The molecule has 3 aromatic rings. The number of amides is 1. The lowest BCUT2D eigenvalue weighted by atomic mass is 10.1. The fourth-order valence-electron chi connectivity index (χ4n) is 3.42. The molecule has 0 bridgehead atoms. The van der Waals surface area contributed by atoms with Gasteiger partial charge in [0.1, 0.15) is 29.0 Å². The van der Waals surface area contributed by atoms with Crippen molar-refractivity contribution in [1.82, 2.24) is 4.98 Å². The predicted octanol–water partition coefficient (Wildman–Crippen LogP) is 4.46. The zero-order valence-corrected chi connectivity index (χ0v) is 19.4. The van der Waals surface area contributed by atoms with E-state index in [0.717, 1.165) is 5.56 Å². The van der Waals surface area contributed by atoms with Gasteiger partial charge in [0.05, 0.1) is 12.7 Å². The number of carboxylic acid groups (broad SMARTS) is 1. The van der Waals surface area contributed by atoms with Crippen LogP contribution in [0.25, 0.3) is 0 Å². The number of carbonyl (C=O) groups is 2. The quantitative estimate of drug-likeness (QED) is 0.432. The van der Waals surface area contributed by atoms with Crippen molar-refractivity contribution in [3.05, 3.63) is 83.6 Å². The van der Waals surface area contributed by atoms with Gasteiger partial charge in [0.2, 0.25) is 0 Å². The summed E-state index contributed by atoms with van der Waals surface area (Å²) in [5.41, 5.74) is 1.27. The Kier molecular flexibility index (Phi) is 8.59. The van der Waals surface area contributed by atoms with Crippen LogP contribution in [0.1, 0.15) is 40.1 Å². The lowest BCUT2D eigenvalue weighted by Gasteiger charge is -2.19. The van der Waals surface area contributed by atoms with Crippen LogP contribution in [-0.4, -0.2) is 47.9 Å². The highest BCUT2D eigenvalue weighted by Gasteiger charge is 2.18. The van der Waals surface area contributed by atoms with Gasteiger partial charge in [-0.15, -0.1) is 0 Å². The SMILES string of the molecule is COC[C@H](C)Oc1cc(O[C@@H](C)Cc2ccccc2)cc(C(=O)Nc2ncccc2C(=O)O)c1. The number of aromatic carboxylic acids is 1. The van der Waals surface area contributed by atoms with E-state index < -0.39 is 11.9 Å². The van der Waals surface area contributed by atoms with Gasteiger partial charge < -0.3 is 24.6 Å². The Hall–Kier alpha value is -3.91. The van der Waals surface area contributed by atoms with Crippen molar-refractivity contribution in [3.8, 4) is 11.5 Å². The van der Waals surface area contributed by atoms with E-state index in [1.54, 1.807) is 25.3 Å². The fraction of sp³-hybridized carbons (Fsp3) is 0.269. The summed E-state index contributed by atoms with van der Waals surface area (Å²) < 4.78 is 17.1. The second-order valence-corrected chi connectivity index (χ2v) is 7.85. The van der Waals surface area contributed by atoms with Crippen LogP contribution >= 0.6 is 0 Å². The molecule has 0 aliphatic carbocycles. The number of carboxylic acids is 1. The molecule has 0 unspecified atom stereocenters. The summed E-state index contributed by atoms with van der Waals surface area (Å²) in [6, 6.07) is 17.7. The highest BCUT2D eigenvalue weighted by Crippen LogP contribution is 2.26. The van der Waals surface area contributed by atoms with E-state index in [-0.39, 0.29) is 29.2 Å². The third kappa shape index (κ3) is 7.05. The number of nitrogens with one attached hydrogen (secondary N) is 1. The van der Waals surface area contributed by atoms with Gasteiger partial charge in [0, 0.05) is 31.4 Å². The highest BCUT2D eigenvalue weighted by molar-refractivity contribution is 6.07. The molecule has 8 nitrogen and oxygen atoms in total. The van der Waals surface area contributed by atoms with Crippen LogP contribution < -0.4 is 14.8 Å². The van der Waals surface area contributed by atoms with Crippen molar-refractivity contribution >= 4 is 17.7 Å². The maximum atomic E-state index is 13.0. The number of benzene rings is 2. The van der Waals surface area contributed by atoms with Gasteiger partial charge >= 0.3 is 5.97 Å². The predicted molar refractivity (Wildman–Crippen MR) is 128 cm³/mol. The Morgan fingerprint density at radius 1 is 0.971 bits per heavy atom. The normalized spacial score (nSPS) is 12.4. The molecule has 34 heavy (non-hydrogen) atoms. The largest absolute Gasteiger partial charge is 0.490 e. The Labute approximate surface area is 198 Å². The molecule has 2 aromatic carbocycles. The van der Waals surface area contributed by atoms with E-state index >= 15 is 0 Å². The molecule has 0 aliphatic heterocycles. The Balaban J connectivity index is 1.84. The Morgan fingerprint density at radius 2 is 1.65 bits per heavy atom. The molecule has 0 saturated carbocycles. The summed E-state index contributed by atoms with van der Waals surface area (Å²) in [6.45, 7) is 4.16. The number of methoxy groups -OCH3 is 1. The van der Waals surface area contributed by atoms with Crippen molar-refractivity contribution in [2.24, 2.45) is 0 Å². The number of carbonyl (C=O) groups excluding carboxylic acids is 1. The Morgan fingerprint density at radius 3 is 2.29 bits per heavy atom. The lowest BCUT2D eigenvalue weighted by molar-refractivity contribution is 0.0697. The molecule has 0 radical (unpaired) electrons. The standard InChI is InChI=1S/C26H28N2O6/c1-17(12-19-8-5-4-6-9-19)33-21-13-20(14-22(15-21)34-18(2)16-32-3)25(29)28-24-23(26(30)31)10-7-11-27-24/h4-11,13-15,17-18H,12,16H2,1-3H3,(H,30,31)(H,27,28,29)/t17-,18-/m0/s1. The number of pyridine rings is 1. The molecule has 3 rings (SSSR count). The maximum Gasteiger partial charge on any atom is 0.339 e. The molecule has 1 heterocycles. The lowest BCUT2D eigenvalue weighted by Crippen LogP contribution is -2.20. The second kappa shape index (κ2) is 11.8. The van der Waals surface area contributed by atoms with Crippen molar-refractivity contribution in [2.45, 2.75) is 32.5 Å². The molecule has 0 fully saturated rings. The summed E-state index contributed by atoms with van der Waals surface area (Å²) in [6.07, 6.45) is 1.67. The molecule has 2 atom stereocenters. The monoisotopic (exact) mass is 464 g/mol. The number of aromatic nitrogens is 1. The molecule has 2 N–H and O–H groups in total. The molecular weight excluding hydrogens is 436 g/mol. The van der Waals surface area contributed by atoms with Crippen LogP contribution in [-0.2, 0) is 11.2 Å². The van der Waals surface area contributed by atoms with Gasteiger partial charge in [-0.2, -0.15) is 0 Å². The molecule has 178 valence electrons. The zero-order valence-electron chi connectivity index (χ0n) is 19.4. The number of rotatable bonds is 11. The molecule has 0 saturated heterocycles. The second-order valence-electron chi connectivity index (χ2n) is 7.85. The fourth-order valence-corrected chi connectivity index (χ4v) is 3.42. The van der Waals surface area contributed by atoms with Gasteiger partial charge in [-0.3, -0.25) is 4.79 Å². The van der Waals surface area contributed by atoms with Crippen LogP contribution in [0.15, 0.2) is 66.9 Å². The van der Waals surface area contributed by atoms with Gasteiger partial charge in [0.15, 0.2) is 0 Å². The Bertz CT molecular complexity index is 1120. The molecule has 8 heteroatoms. The van der Waals surface area contributed by atoms with Gasteiger partial charge in [-0.1, -0.05) is 30.3 Å². The van der Waals surface area contributed by atoms with Gasteiger partial charge in [0.25, 0.3) is 5.91 Å². The average Bonchev–Trinajstić information content (AvgIpc) is 2.79.